The van der Waals surface area contributed by atoms with Gasteiger partial charge in [0.25, 0.3) is 0 Å². The van der Waals surface area contributed by atoms with E-state index >= 15 is 0 Å². The van der Waals surface area contributed by atoms with E-state index in [9.17, 15) is 4.79 Å². The molecule has 3 heteroatoms. The Kier molecular flexibility index (Phi) is 2.77. The fourth-order valence-corrected chi connectivity index (χ4v) is 4.18. The normalized spacial score (nSPS) is 40.0. The van der Waals surface area contributed by atoms with Crippen LogP contribution >= 0.6 is 0 Å². The number of benzene rings is 1. The Morgan fingerprint density at radius 2 is 2.14 bits per heavy atom. The van der Waals surface area contributed by atoms with Crippen molar-refractivity contribution in [2.45, 2.75) is 50.4 Å². The maximum Gasteiger partial charge on any atom is 0.338 e. The van der Waals surface area contributed by atoms with Crippen LogP contribution in [0.5, 0.6) is 0 Å². The first kappa shape index (κ1) is 13.1. The Labute approximate surface area is 124 Å². The van der Waals surface area contributed by atoms with Gasteiger partial charge in [0.2, 0.25) is 0 Å². The minimum absolute atomic E-state index is 0.0817. The van der Waals surface area contributed by atoms with E-state index in [0.717, 1.165) is 25.7 Å². The van der Waals surface area contributed by atoms with Crippen molar-refractivity contribution in [2.24, 2.45) is 5.41 Å². The van der Waals surface area contributed by atoms with E-state index in [4.69, 9.17) is 9.47 Å². The highest BCUT2D eigenvalue weighted by atomic mass is 16.6. The van der Waals surface area contributed by atoms with Crippen LogP contribution in [0.1, 0.15) is 43.0 Å². The van der Waals surface area contributed by atoms with Crippen LogP contribution in [0.4, 0.5) is 0 Å². The van der Waals surface area contributed by atoms with Crippen LogP contribution in [0.2, 0.25) is 0 Å². The largest absolute Gasteiger partial charge is 0.458 e. The fourth-order valence-electron chi connectivity index (χ4n) is 4.18. The fraction of sp³-hybridized carbons (Fsp3) is 0.500. The van der Waals surface area contributed by atoms with Gasteiger partial charge in [0.15, 0.2) is 0 Å². The molecule has 1 saturated heterocycles. The zero-order chi connectivity index (χ0) is 14.5. The summed E-state index contributed by atoms with van der Waals surface area (Å²) in [5.41, 5.74) is 0.356. The minimum atomic E-state index is -0.227. The molecule has 1 spiro atoms. The quantitative estimate of drug-likeness (QED) is 0.474. The van der Waals surface area contributed by atoms with Crippen LogP contribution in [-0.2, 0) is 9.47 Å². The van der Waals surface area contributed by atoms with Crippen molar-refractivity contribution in [3.8, 4) is 0 Å². The number of carbonyl (C=O) groups excluding carboxylic acids is 1. The first-order chi connectivity index (χ1) is 10.2. The van der Waals surface area contributed by atoms with Crippen LogP contribution < -0.4 is 0 Å². The van der Waals surface area contributed by atoms with Gasteiger partial charge in [-0.2, -0.15) is 0 Å². The van der Waals surface area contributed by atoms with Crippen molar-refractivity contribution < 1.29 is 14.3 Å². The van der Waals surface area contributed by atoms with Gasteiger partial charge >= 0.3 is 5.97 Å². The second kappa shape index (κ2) is 4.44. The zero-order valence-electron chi connectivity index (χ0n) is 12.2. The summed E-state index contributed by atoms with van der Waals surface area (Å²) in [7, 11) is 0. The molecule has 4 atom stereocenters. The van der Waals surface area contributed by atoms with Gasteiger partial charge < -0.3 is 9.47 Å². The summed E-state index contributed by atoms with van der Waals surface area (Å²) in [5, 5.41) is 0. The third-order valence-corrected chi connectivity index (χ3v) is 5.48. The summed E-state index contributed by atoms with van der Waals surface area (Å²) in [4.78, 5) is 12.4. The summed E-state index contributed by atoms with van der Waals surface area (Å²) >= 11 is 0. The lowest BCUT2D eigenvalue weighted by Crippen LogP contribution is -2.51. The molecule has 1 aliphatic heterocycles. The molecule has 0 bridgehead atoms. The highest BCUT2D eigenvalue weighted by Crippen LogP contribution is 2.63. The lowest BCUT2D eigenvalue weighted by Gasteiger charge is -2.45. The molecule has 1 aromatic rings. The maximum atomic E-state index is 12.4. The Bertz CT molecular complexity index is 594. The molecule has 0 radical (unpaired) electrons. The second-order valence-electron chi connectivity index (χ2n) is 6.57. The standard InChI is InChI=1S/C18H20O3/c1-17-11-5-10-15-18(17,21-15)12-6-9-14(17)20-16(19)13-7-3-2-4-8-13/h2-5,7-8,11,14-15H,6,9-10,12H2,1H3/t14-,15-,17+,18-/m0/s1. The first-order valence-electron chi connectivity index (χ1n) is 7.77. The average Bonchev–Trinajstić information content (AvgIpc) is 3.22. The Balaban J connectivity index is 1.59. The smallest absolute Gasteiger partial charge is 0.338 e. The van der Waals surface area contributed by atoms with E-state index in [-0.39, 0.29) is 23.1 Å². The molecule has 0 unspecified atom stereocenters. The van der Waals surface area contributed by atoms with E-state index in [1.165, 1.54) is 0 Å². The third-order valence-electron chi connectivity index (χ3n) is 5.48. The Morgan fingerprint density at radius 1 is 1.33 bits per heavy atom. The lowest BCUT2D eigenvalue weighted by molar-refractivity contribution is -0.0495. The van der Waals surface area contributed by atoms with Crippen molar-refractivity contribution in [3.05, 3.63) is 48.0 Å². The molecule has 4 rings (SSSR count). The van der Waals surface area contributed by atoms with Crippen LogP contribution in [0.15, 0.2) is 42.5 Å². The van der Waals surface area contributed by atoms with Gasteiger partial charge in [-0.1, -0.05) is 30.4 Å². The summed E-state index contributed by atoms with van der Waals surface area (Å²) in [6, 6.07) is 9.23. The molecule has 2 fully saturated rings. The third kappa shape index (κ3) is 1.80. The number of rotatable bonds is 2. The predicted octanol–water partition coefficient (Wildman–Crippen LogP) is 3.50. The Morgan fingerprint density at radius 3 is 2.95 bits per heavy atom. The topological polar surface area (TPSA) is 38.8 Å². The molecule has 0 aromatic heterocycles. The molecule has 0 N–H and O–H groups in total. The number of hydrogen-bond acceptors (Lipinski definition) is 3. The van der Waals surface area contributed by atoms with Crippen molar-refractivity contribution in [3.63, 3.8) is 0 Å². The van der Waals surface area contributed by atoms with Crippen LogP contribution in [0.25, 0.3) is 0 Å². The number of hydrogen-bond donors (Lipinski definition) is 0. The first-order valence-corrected chi connectivity index (χ1v) is 7.77. The van der Waals surface area contributed by atoms with Gasteiger partial charge in [-0.15, -0.1) is 0 Å². The molecule has 1 heterocycles. The highest BCUT2D eigenvalue weighted by molar-refractivity contribution is 5.89. The molecule has 3 aliphatic rings. The molecular formula is C18H20O3. The molecule has 3 nitrogen and oxygen atoms in total. The predicted molar refractivity (Wildman–Crippen MR) is 79.0 cm³/mol. The van der Waals surface area contributed by atoms with Gasteiger partial charge in [0, 0.05) is 0 Å². The number of epoxide rings is 1. The molecule has 21 heavy (non-hydrogen) atoms. The SMILES string of the molecule is C[C@]12C=CC[C@@H]3O[C@@]31CCC[C@@H]2OC(=O)c1ccccc1. The summed E-state index contributed by atoms with van der Waals surface area (Å²) in [6.45, 7) is 2.19. The van der Waals surface area contributed by atoms with Crippen molar-refractivity contribution in [1.82, 2.24) is 0 Å². The summed E-state index contributed by atoms with van der Waals surface area (Å²) in [6.07, 6.45) is 8.69. The lowest BCUT2D eigenvalue weighted by atomic mass is 9.61. The van der Waals surface area contributed by atoms with Crippen molar-refractivity contribution in [2.75, 3.05) is 0 Å². The molecule has 110 valence electrons. The highest BCUT2D eigenvalue weighted by Gasteiger charge is 2.70. The number of ether oxygens (including phenoxy) is 2. The minimum Gasteiger partial charge on any atom is -0.458 e. The maximum absolute atomic E-state index is 12.4. The average molecular weight is 284 g/mol. The van der Waals surface area contributed by atoms with Gasteiger partial charge in [0.1, 0.15) is 11.7 Å². The van der Waals surface area contributed by atoms with Crippen molar-refractivity contribution in [1.29, 1.82) is 0 Å². The summed E-state index contributed by atoms with van der Waals surface area (Å²) in [5.74, 6) is -0.227. The van der Waals surface area contributed by atoms with E-state index in [1.54, 1.807) is 12.1 Å². The second-order valence-corrected chi connectivity index (χ2v) is 6.57. The molecule has 2 aliphatic carbocycles. The molecular weight excluding hydrogens is 264 g/mol. The van der Waals surface area contributed by atoms with E-state index < -0.39 is 0 Å². The van der Waals surface area contributed by atoms with Gasteiger partial charge in [0.05, 0.1) is 17.1 Å². The van der Waals surface area contributed by atoms with Gasteiger partial charge in [-0.05, 0) is 44.7 Å². The van der Waals surface area contributed by atoms with Crippen LogP contribution in [0.3, 0.4) is 0 Å². The Hall–Kier alpha value is -1.61. The van der Waals surface area contributed by atoms with Gasteiger partial charge in [-0.25, -0.2) is 4.79 Å². The monoisotopic (exact) mass is 284 g/mol. The van der Waals surface area contributed by atoms with E-state index in [2.05, 4.69) is 19.1 Å². The molecule has 1 saturated carbocycles. The molecule has 0 amide bonds. The van der Waals surface area contributed by atoms with Gasteiger partial charge in [-0.3, -0.25) is 0 Å². The van der Waals surface area contributed by atoms with Crippen LogP contribution in [-0.4, -0.2) is 23.8 Å². The van der Waals surface area contributed by atoms with Crippen molar-refractivity contribution >= 4 is 5.97 Å². The summed E-state index contributed by atoms with van der Waals surface area (Å²) < 4.78 is 11.9. The van der Waals surface area contributed by atoms with E-state index in [0.29, 0.717) is 11.7 Å². The number of carbonyl (C=O) groups is 1. The zero-order valence-corrected chi connectivity index (χ0v) is 12.2. The van der Waals surface area contributed by atoms with E-state index in [1.807, 2.05) is 18.2 Å². The number of esters is 1. The van der Waals surface area contributed by atoms with Crippen LogP contribution in [0, 0.1) is 5.41 Å². The molecule has 1 aromatic carbocycles.